The van der Waals surface area contributed by atoms with Crippen LogP contribution in [-0.2, 0) is 0 Å². The largest absolute Gasteiger partial charge is 0.508 e. The van der Waals surface area contributed by atoms with Crippen LogP contribution >= 0.6 is 12.4 Å². The quantitative estimate of drug-likeness (QED) is 0.885. The molecule has 1 aliphatic rings. The number of hydrogen-bond acceptors (Lipinski definition) is 3. The van der Waals surface area contributed by atoms with Crippen LogP contribution in [0, 0.1) is 5.92 Å². The maximum atomic E-state index is 9.90. The first-order valence-electron chi connectivity index (χ1n) is 6.62. The predicted octanol–water partition coefficient (Wildman–Crippen LogP) is 3.79. The third kappa shape index (κ3) is 4.92. The zero-order valence-corrected chi connectivity index (χ0v) is 12.7. The predicted molar refractivity (Wildman–Crippen MR) is 80.0 cm³/mol. The summed E-state index contributed by atoms with van der Waals surface area (Å²) >= 11 is 0. The summed E-state index contributed by atoms with van der Waals surface area (Å²) in [5.41, 5.74) is 6.71. The van der Waals surface area contributed by atoms with Gasteiger partial charge in [0, 0.05) is 11.6 Å². The van der Waals surface area contributed by atoms with E-state index in [1.165, 1.54) is 12.8 Å². The second kappa shape index (κ2) is 6.02. The molecule has 1 atom stereocenters. The molecule has 2 rings (SSSR count). The lowest BCUT2D eigenvalue weighted by Crippen LogP contribution is -2.23. The van der Waals surface area contributed by atoms with Crippen molar-refractivity contribution in [1.82, 2.24) is 0 Å². The molecular weight excluding hydrogens is 262 g/mol. The summed E-state index contributed by atoms with van der Waals surface area (Å²) in [6.07, 6.45) is 3.49. The molecular formula is C15H24ClNO2. The average Bonchev–Trinajstić information content (AvgIpc) is 3.02. The highest BCUT2D eigenvalue weighted by molar-refractivity contribution is 5.85. The van der Waals surface area contributed by atoms with Crippen molar-refractivity contribution in [2.75, 3.05) is 0 Å². The van der Waals surface area contributed by atoms with Gasteiger partial charge in [0.2, 0.25) is 0 Å². The van der Waals surface area contributed by atoms with E-state index in [0.29, 0.717) is 0 Å². The van der Waals surface area contributed by atoms with E-state index in [1.807, 2.05) is 26.8 Å². The molecule has 1 saturated carbocycles. The average molecular weight is 286 g/mol. The molecule has 0 saturated heterocycles. The molecule has 0 aromatic heterocycles. The van der Waals surface area contributed by atoms with Gasteiger partial charge in [-0.1, -0.05) is 12.8 Å². The lowest BCUT2D eigenvalue weighted by atomic mass is 10.0. The smallest absolute Gasteiger partial charge is 0.120 e. The maximum Gasteiger partial charge on any atom is 0.120 e. The van der Waals surface area contributed by atoms with Gasteiger partial charge in [-0.05, 0) is 51.3 Å². The van der Waals surface area contributed by atoms with Gasteiger partial charge in [0.15, 0.2) is 0 Å². The minimum atomic E-state index is -0.241. The number of ether oxygens (including phenoxy) is 1. The molecule has 1 aliphatic carbocycles. The zero-order valence-electron chi connectivity index (χ0n) is 11.8. The van der Waals surface area contributed by atoms with Crippen LogP contribution in [0.15, 0.2) is 18.2 Å². The van der Waals surface area contributed by atoms with E-state index in [4.69, 9.17) is 10.5 Å². The molecule has 19 heavy (non-hydrogen) atoms. The molecule has 1 fully saturated rings. The first-order chi connectivity index (χ1) is 8.35. The van der Waals surface area contributed by atoms with Crippen LogP contribution in [0.25, 0.3) is 0 Å². The SMILES string of the molecule is CC(C)(C)Oc1ccc(O)c([C@@H](N)CC2CC2)c1.Cl. The normalized spacial score (nSPS) is 16.6. The summed E-state index contributed by atoms with van der Waals surface area (Å²) in [6, 6.07) is 5.23. The Labute approximate surface area is 121 Å². The Bertz CT molecular complexity index is 425. The third-order valence-electron chi connectivity index (χ3n) is 3.11. The van der Waals surface area contributed by atoms with Gasteiger partial charge in [-0.3, -0.25) is 0 Å². The van der Waals surface area contributed by atoms with Gasteiger partial charge >= 0.3 is 0 Å². The highest BCUT2D eigenvalue weighted by Gasteiger charge is 2.26. The molecule has 0 unspecified atom stereocenters. The second-order valence-corrected chi connectivity index (χ2v) is 6.22. The number of rotatable bonds is 4. The standard InChI is InChI=1S/C15H23NO2.ClH/c1-15(2,3)18-11-6-7-14(17)12(9-11)13(16)8-10-4-5-10;/h6-7,9-10,13,17H,4-5,8,16H2,1-3H3;1H/t13-;/m0./s1. The summed E-state index contributed by atoms with van der Waals surface area (Å²) in [6.45, 7) is 6.01. The number of benzene rings is 1. The van der Waals surface area contributed by atoms with Crippen LogP contribution in [-0.4, -0.2) is 10.7 Å². The molecule has 3 nitrogen and oxygen atoms in total. The van der Waals surface area contributed by atoms with Crippen molar-refractivity contribution in [1.29, 1.82) is 0 Å². The van der Waals surface area contributed by atoms with Gasteiger partial charge in [0.25, 0.3) is 0 Å². The molecule has 0 amide bonds. The molecule has 3 N–H and O–H groups in total. The van der Waals surface area contributed by atoms with Crippen LogP contribution in [0.5, 0.6) is 11.5 Å². The second-order valence-electron chi connectivity index (χ2n) is 6.22. The molecule has 0 bridgehead atoms. The van der Waals surface area contributed by atoms with E-state index in [2.05, 4.69) is 0 Å². The Hall–Kier alpha value is -0.930. The van der Waals surface area contributed by atoms with Crippen molar-refractivity contribution in [3.05, 3.63) is 23.8 Å². The molecule has 0 heterocycles. The van der Waals surface area contributed by atoms with Gasteiger partial charge in [-0.2, -0.15) is 0 Å². The molecule has 0 aliphatic heterocycles. The van der Waals surface area contributed by atoms with Crippen LogP contribution in [0.1, 0.15) is 51.6 Å². The van der Waals surface area contributed by atoms with Gasteiger partial charge in [0.1, 0.15) is 17.1 Å². The first-order valence-corrected chi connectivity index (χ1v) is 6.62. The molecule has 1 aromatic rings. The van der Waals surface area contributed by atoms with Gasteiger partial charge < -0.3 is 15.6 Å². The van der Waals surface area contributed by atoms with Gasteiger partial charge in [-0.25, -0.2) is 0 Å². The monoisotopic (exact) mass is 285 g/mol. The number of phenols is 1. The number of phenolic OH excluding ortho intramolecular Hbond substituents is 1. The van der Waals surface area contributed by atoms with E-state index >= 15 is 0 Å². The fourth-order valence-corrected chi connectivity index (χ4v) is 2.09. The van der Waals surface area contributed by atoms with Gasteiger partial charge in [-0.15, -0.1) is 12.4 Å². The summed E-state index contributed by atoms with van der Waals surface area (Å²) < 4.78 is 5.80. The summed E-state index contributed by atoms with van der Waals surface area (Å²) in [7, 11) is 0. The minimum Gasteiger partial charge on any atom is -0.508 e. The van der Waals surface area contributed by atoms with Crippen LogP contribution < -0.4 is 10.5 Å². The molecule has 0 radical (unpaired) electrons. The van der Waals surface area contributed by atoms with Gasteiger partial charge in [0.05, 0.1) is 0 Å². The Balaban J connectivity index is 0.00000180. The summed E-state index contributed by atoms with van der Waals surface area (Å²) in [5, 5.41) is 9.90. The van der Waals surface area contributed by atoms with E-state index in [0.717, 1.165) is 23.7 Å². The van der Waals surface area contributed by atoms with Crippen molar-refractivity contribution in [2.24, 2.45) is 11.7 Å². The maximum absolute atomic E-state index is 9.90. The minimum absolute atomic E-state index is 0. The fraction of sp³-hybridized carbons (Fsp3) is 0.600. The lowest BCUT2D eigenvalue weighted by molar-refractivity contribution is 0.130. The number of halogens is 1. The summed E-state index contributed by atoms with van der Waals surface area (Å²) in [5.74, 6) is 1.78. The lowest BCUT2D eigenvalue weighted by Gasteiger charge is -2.22. The third-order valence-corrected chi connectivity index (χ3v) is 3.11. The van der Waals surface area contributed by atoms with Crippen LogP contribution in [0.4, 0.5) is 0 Å². The Morgan fingerprint density at radius 3 is 2.53 bits per heavy atom. The molecule has 0 spiro atoms. The Morgan fingerprint density at radius 2 is 2.00 bits per heavy atom. The molecule has 1 aromatic carbocycles. The van der Waals surface area contributed by atoms with E-state index in [9.17, 15) is 5.11 Å². The first kappa shape index (κ1) is 16.1. The molecule has 108 valence electrons. The van der Waals surface area contributed by atoms with Crippen molar-refractivity contribution in [3.63, 3.8) is 0 Å². The van der Waals surface area contributed by atoms with Crippen molar-refractivity contribution < 1.29 is 9.84 Å². The summed E-state index contributed by atoms with van der Waals surface area (Å²) in [4.78, 5) is 0. The number of nitrogens with two attached hydrogens (primary N) is 1. The van der Waals surface area contributed by atoms with Crippen LogP contribution in [0.3, 0.4) is 0 Å². The topological polar surface area (TPSA) is 55.5 Å². The highest BCUT2D eigenvalue weighted by atomic mass is 35.5. The number of hydrogen-bond donors (Lipinski definition) is 2. The fourth-order valence-electron chi connectivity index (χ4n) is 2.09. The Kier molecular flexibility index (Phi) is 5.11. The number of aromatic hydroxyl groups is 1. The highest BCUT2D eigenvalue weighted by Crippen LogP contribution is 2.39. The van der Waals surface area contributed by atoms with E-state index in [-0.39, 0.29) is 29.8 Å². The van der Waals surface area contributed by atoms with E-state index in [1.54, 1.807) is 12.1 Å². The molecule has 4 heteroatoms. The van der Waals surface area contributed by atoms with Crippen molar-refractivity contribution in [3.8, 4) is 11.5 Å². The zero-order chi connectivity index (χ0) is 13.3. The van der Waals surface area contributed by atoms with E-state index < -0.39 is 0 Å². The van der Waals surface area contributed by atoms with Crippen molar-refractivity contribution in [2.45, 2.75) is 51.7 Å². The Morgan fingerprint density at radius 1 is 1.37 bits per heavy atom. The van der Waals surface area contributed by atoms with Crippen molar-refractivity contribution >= 4 is 12.4 Å². The van der Waals surface area contributed by atoms with Crippen LogP contribution in [0.2, 0.25) is 0 Å².